The van der Waals surface area contributed by atoms with Gasteiger partial charge in [0.25, 0.3) is 5.91 Å². The third kappa shape index (κ3) is 5.33. The van der Waals surface area contributed by atoms with Gasteiger partial charge in [-0.3, -0.25) is 9.69 Å². The number of methoxy groups -OCH3 is 1. The Morgan fingerprint density at radius 3 is 2.77 bits per heavy atom. The van der Waals surface area contributed by atoms with Gasteiger partial charge in [0.2, 0.25) is 0 Å². The van der Waals surface area contributed by atoms with Crippen molar-refractivity contribution in [1.82, 2.24) is 14.8 Å². The van der Waals surface area contributed by atoms with Gasteiger partial charge in [0, 0.05) is 51.3 Å². The lowest BCUT2D eigenvalue weighted by Gasteiger charge is -2.39. The van der Waals surface area contributed by atoms with E-state index < -0.39 is 0 Å². The summed E-state index contributed by atoms with van der Waals surface area (Å²) in [5.74, 6) is 0.0131. The van der Waals surface area contributed by atoms with E-state index in [1.807, 2.05) is 4.90 Å². The van der Waals surface area contributed by atoms with Crippen LogP contribution >= 0.6 is 36.2 Å². The molecule has 128 valence electrons. The van der Waals surface area contributed by atoms with Crippen LogP contribution in [0.2, 0.25) is 0 Å². The molecule has 2 heterocycles. The van der Waals surface area contributed by atoms with Crippen LogP contribution in [0.1, 0.15) is 22.4 Å². The first-order valence-electron chi connectivity index (χ1n) is 6.82. The molecule has 1 atom stereocenters. The standard InChI is InChI=1S/C13H22N4O2S.2ClH/c1-10-8-17(4-3-16(10)5-6-19-2)13(18)11-9-20-12(7-14)15-11;;/h9-10H,3-8,14H2,1-2H3;2*1H. The zero-order chi connectivity index (χ0) is 14.5. The second kappa shape index (κ2) is 10.4. The van der Waals surface area contributed by atoms with Gasteiger partial charge in [-0.2, -0.15) is 0 Å². The molecule has 22 heavy (non-hydrogen) atoms. The highest BCUT2D eigenvalue weighted by molar-refractivity contribution is 7.09. The summed E-state index contributed by atoms with van der Waals surface area (Å²) in [6.45, 7) is 6.52. The molecule has 2 N–H and O–H groups in total. The average Bonchev–Trinajstić information content (AvgIpc) is 2.94. The van der Waals surface area contributed by atoms with Crippen LogP contribution in [-0.2, 0) is 11.3 Å². The minimum Gasteiger partial charge on any atom is -0.383 e. The summed E-state index contributed by atoms with van der Waals surface area (Å²) in [5.41, 5.74) is 6.05. The lowest BCUT2D eigenvalue weighted by molar-refractivity contribution is 0.0430. The smallest absolute Gasteiger partial charge is 0.273 e. The highest BCUT2D eigenvalue weighted by atomic mass is 35.5. The molecule has 0 spiro atoms. The molecule has 1 aromatic rings. The largest absolute Gasteiger partial charge is 0.383 e. The molecule has 6 nitrogen and oxygen atoms in total. The Kier molecular flexibility index (Phi) is 10.1. The number of amides is 1. The normalized spacial score (nSPS) is 18.5. The molecule has 1 amide bonds. The molecule has 0 aromatic carbocycles. The molecule has 1 aliphatic heterocycles. The summed E-state index contributed by atoms with van der Waals surface area (Å²) >= 11 is 1.44. The molecule has 1 aromatic heterocycles. The molecule has 2 rings (SSSR count). The monoisotopic (exact) mass is 370 g/mol. The number of piperazine rings is 1. The van der Waals surface area contributed by atoms with Gasteiger partial charge in [-0.05, 0) is 6.92 Å². The summed E-state index contributed by atoms with van der Waals surface area (Å²) in [5, 5.41) is 2.60. The van der Waals surface area contributed by atoms with Gasteiger partial charge >= 0.3 is 0 Å². The van der Waals surface area contributed by atoms with Gasteiger partial charge in [0.1, 0.15) is 10.7 Å². The van der Waals surface area contributed by atoms with Gasteiger partial charge in [0.15, 0.2) is 0 Å². The number of rotatable bonds is 5. The highest BCUT2D eigenvalue weighted by Crippen LogP contribution is 2.15. The van der Waals surface area contributed by atoms with Crippen molar-refractivity contribution in [3.05, 3.63) is 16.1 Å². The highest BCUT2D eigenvalue weighted by Gasteiger charge is 2.27. The van der Waals surface area contributed by atoms with E-state index >= 15 is 0 Å². The van der Waals surface area contributed by atoms with Crippen LogP contribution in [0.3, 0.4) is 0 Å². The Morgan fingerprint density at radius 1 is 1.50 bits per heavy atom. The van der Waals surface area contributed by atoms with E-state index in [1.54, 1.807) is 12.5 Å². The zero-order valence-corrected chi connectivity index (χ0v) is 15.3. The Hall–Kier alpha value is -0.440. The second-order valence-electron chi connectivity index (χ2n) is 4.96. The van der Waals surface area contributed by atoms with Crippen LogP contribution in [0.15, 0.2) is 5.38 Å². The van der Waals surface area contributed by atoms with Crippen LogP contribution < -0.4 is 5.73 Å². The van der Waals surface area contributed by atoms with E-state index in [2.05, 4.69) is 16.8 Å². The van der Waals surface area contributed by atoms with Crippen molar-refractivity contribution in [2.45, 2.75) is 19.5 Å². The molecule has 1 fully saturated rings. The first-order valence-corrected chi connectivity index (χ1v) is 7.70. The second-order valence-corrected chi connectivity index (χ2v) is 5.90. The number of ether oxygens (including phenoxy) is 1. The minimum atomic E-state index is 0. The summed E-state index contributed by atoms with van der Waals surface area (Å²) in [7, 11) is 1.71. The van der Waals surface area contributed by atoms with Crippen LogP contribution in [-0.4, -0.2) is 66.6 Å². The molecular weight excluding hydrogens is 347 g/mol. The quantitative estimate of drug-likeness (QED) is 0.843. The van der Waals surface area contributed by atoms with Crippen molar-refractivity contribution >= 4 is 42.1 Å². The maximum absolute atomic E-state index is 12.4. The first-order chi connectivity index (χ1) is 9.65. The summed E-state index contributed by atoms with van der Waals surface area (Å²) in [6, 6.07) is 0.343. The third-order valence-electron chi connectivity index (χ3n) is 3.58. The van der Waals surface area contributed by atoms with Gasteiger partial charge in [0.05, 0.1) is 6.61 Å². The fourth-order valence-electron chi connectivity index (χ4n) is 2.39. The number of nitrogens with two attached hydrogens (primary N) is 1. The first kappa shape index (κ1) is 21.6. The van der Waals surface area contributed by atoms with Gasteiger partial charge < -0.3 is 15.4 Å². The minimum absolute atomic E-state index is 0. The molecular formula is C13H24Cl2N4O2S. The Bertz CT molecular complexity index is 461. The van der Waals surface area contributed by atoms with Crippen molar-refractivity contribution < 1.29 is 9.53 Å². The van der Waals surface area contributed by atoms with E-state index in [0.29, 0.717) is 18.3 Å². The number of nitrogens with zero attached hydrogens (tertiary/aromatic N) is 3. The number of halogens is 2. The average molecular weight is 371 g/mol. The predicted octanol–water partition coefficient (Wildman–Crippen LogP) is 1.24. The number of hydrogen-bond acceptors (Lipinski definition) is 6. The van der Waals surface area contributed by atoms with E-state index in [4.69, 9.17) is 10.5 Å². The topological polar surface area (TPSA) is 71.7 Å². The van der Waals surface area contributed by atoms with Gasteiger partial charge in [-0.1, -0.05) is 0 Å². The van der Waals surface area contributed by atoms with Crippen molar-refractivity contribution in [3.63, 3.8) is 0 Å². The molecule has 1 unspecified atom stereocenters. The lowest BCUT2D eigenvalue weighted by atomic mass is 10.2. The van der Waals surface area contributed by atoms with Crippen LogP contribution in [0.4, 0.5) is 0 Å². The van der Waals surface area contributed by atoms with Gasteiger partial charge in [-0.25, -0.2) is 4.98 Å². The van der Waals surface area contributed by atoms with Crippen molar-refractivity contribution in [2.24, 2.45) is 5.73 Å². The molecule has 9 heteroatoms. The number of thiazole rings is 1. The van der Waals surface area contributed by atoms with Gasteiger partial charge in [-0.15, -0.1) is 36.2 Å². The maximum atomic E-state index is 12.4. The predicted molar refractivity (Wildman–Crippen MR) is 93.3 cm³/mol. The van der Waals surface area contributed by atoms with Crippen molar-refractivity contribution in [3.8, 4) is 0 Å². The Labute approximate surface area is 147 Å². The maximum Gasteiger partial charge on any atom is 0.273 e. The van der Waals surface area contributed by atoms with E-state index in [0.717, 1.165) is 37.8 Å². The van der Waals surface area contributed by atoms with Crippen LogP contribution in [0, 0.1) is 0 Å². The number of carbonyl (C=O) groups excluding carboxylic acids is 1. The SMILES string of the molecule is COCCN1CCN(C(=O)c2csc(CN)n2)CC1C.Cl.Cl. The summed E-state index contributed by atoms with van der Waals surface area (Å²) in [4.78, 5) is 20.9. The number of aromatic nitrogens is 1. The molecule has 1 aliphatic rings. The lowest BCUT2D eigenvalue weighted by Crippen LogP contribution is -2.54. The molecule has 0 saturated carbocycles. The molecule has 1 saturated heterocycles. The van der Waals surface area contributed by atoms with Crippen LogP contribution in [0.5, 0.6) is 0 Å². The Morgan fingerprint density at radius 2 is 2.23 bits per heavy atom. The number of hydrogen-bond donors (Lipinski definition) is 1. The fourth-order valence-corrected chi connectivity index (χ4v) is 3.03. The molecule has 0 aliphatic carbocycles. The zero-order valence-electron chi connectivity index (χ0n) is 12.9. The fraction of sp³-hybridized carbons (Fsp3) is 0.692. The van der Waals surface area contributed by atoms with Crippen molar-refractivity contribution in [1.29, 1.82) is 0 Å². The van der Waals surface area contributed by atoms with E-state index in [9.17, 15) is 4.79 Å². The Balaban J connectivity index is 0.00000220. The number of carbonyl (C=O) groups is 1. The summed E-state index contributed by atoms with van der Waals surface area (Å²) < 4.78 is 5.11. The molecule has 0 radical (unpaired) electrons. The van der Waals surface area contributed by atoms with Crippen LogP contribution in [0.25, 0.3) is 0 Å². The summed E-state index contributed by atoms with van der Waals surface area (Å²) in [6.07, 6.45) is 0. The third-order valence-corrected chi connectivity index (χ3v) is 4.45. The molecule has 0 bridgehead atoms. The van der Waals surface area contributed by atoms with E-state index in [1.165, 1.54) is 11.3 Å². The van der Waals surface area contributed by atoms with Crippen molar-refractivity contribution in [2.75, 3.05) is 39.9 Å². The van der Waals surface area contributed by atoms with E-state index in [-0.39, 0.29) is 30.7 Å².